The Labute approximate surface area is 138 Å². The van der Waals surface area contributed by atoms with E-state index in [1.807, 2.05) is 6.07 Å². The van der Waals surface area contributed by atoms with Crippen molar-refractivity contribution in [2.45, 2.75) is 50.8 Å². The van der Waals surface area contributed by atoms with Crippen molar-refractivity contribution in [1.82, 2.24) is 0 Å². The van der Waals surface area contributed by atoms with E-state index in [1.54, 1.807) is 14.2 Å². The van der Waals surface area contributed by atoms with Gasteiger partial charge in [-0.25, -0.2) is 0 Å². The van der Waals surface area contributed by atoms with Crippen LogP contribution < -0.4 is 9.47 Å². The predicted molar refractivity (Wildman–Crippen MR) is 94.2 cm³/mol. The fourth-order valence-corrected chi connectivity index (χ4v) is 5.79. The maximum Gasteiger partial charge on any atom is 0.192 e. The van der Waals surface area contributed by atoms with Crippen LogP contribution in [0, 0.1) is 0 Å². The van der Waals surface area contributed by atoms with Crippen LogP contribution in [-0.2, 0) is 16.4 Å². The smallest absolute Gasteiger partial charge is 0.192 e. The van der Waals surface area contributed by atoms with Crippen molar-refractivity contribution in [1.29, 1.82) is 0 Å². The lowest BCUT2D eigenvalue weighted by Gasteiger charge is -2.28. The van der Waals surface area contributed by atoms with E-state index in [9.17, 15) is 0 Å². The number of alkyl halides is 1. The van der Waals surface area contributed by atoms with Gasteiger partial charge in [-0.2, -0.15) is 0 Å². The van der Waals surface area contributed by atoms with Crippen molar-refractivity contribution in [2.75, 3.05) is 14.2 Å². The highest BCUT2D eigenvalue weighted by atomic mass is 79.9. The molecule has 0 aliphatic carbocycles. The molecule has 0 N–H and O–H groups in total. The van der Waals surface area contributed by atoms with E-state index in [1.165, 1.54) is 5.56 Å². The van der Waals surface area contributed by atoms with Crippen LogP contribution >= 0.6 is 15.9 Å². The molecule has 0 aromatic heterocycles. The largest absolute Gasteiger partial charge is 0.493 e. The average molecular weight is 375 g/mol. The van der Waals surface area contributed by atoms with Crippen LogP contribution in [0.3, 0.4) is 0 Å². The molecule has 0 aliphatic rings. The Balaban J connectivity index is 3.03. The second-order valence-electron chi connectivity index (χ2n) is 5.10. The maximum absolute atomic E-state index is 6.40. The van der Waals surface area contributed by atoms with Crippen LogP contribution in [0.25, 0.3) is 0 Å². The summed E-state index contributed by atoms with van der Waals surface area (Å²) in [7, 11) is 1.77. The lowest BCUT2D eigenvalue weighted by Crippen LogP contribution is -2.35. The van der Waals surface area contributed by atoms with Gasteiger partial charge >= 0.3 is 0 Å². The van der Waals surface area contributed by atoms with Crippen LogP contribution in [0.1, 0.15) is 31.9 Å². The van der Waals surface area contributed by atoms with Crippen LogP contribution in [0.2, 0.25) is 18.1 Å². The molecule has 1 aromatic carbocycles. The third kappa shape index (κ3) is 4.24. The topological polar surface area (TPSA) is 27.7 Å². The van der Waals surface area contributed by atoms with Crippen LogP contribution in [0.5, 0.6) is 11.5 Å². The summed E-state index contributed by atoms with van der Waals surface area (Å²) < 4.78 is 17.3. The minimum Gasteiger partial charge on any atom is -0.493 e. The molecule has 0 heterocycles. The van der Waals surface area contributed by atoms with Gasteiger partial charge in [0.2, 0.25) is 0 Å². The third-order valence-electron chi connectivity index (χ3n) is 4.35. The summed E-state index contributed by atoms with van der Waals surface area (Å²) in [6, 6.07) is 7.53. The van der Waals surface area contributed by atoms with E-state index in [0.717, 1.165) is 40.5 Å². The summed E-state index contributed by atoms with van der Waals surface area (Å²) in [5.74, 6) is 1.56. The Morgan fingerprint density at radius 1 is 1.00 bits per heavy atom. The van der Waals surface area contributed by atoms with Crippen molar-refractivity contribution in [3.63, 3.8) is 0 Å². The molecule has 0 atom stereocenters. The average Bonchev–Trinajstić information content (AvgIpc) is 2.55. The lowest BCUT2D eigenvalue weighted by molar-refractivity contribution is 0.284. The number of rotatable bonds is 9. The van der Waals surface area contributed by atoms with Crippen molar-refractivity contribution in [2.24, 2.45) is 0 Å². The van der Waals surface area contributed by atoms with Gasteiger partial charge in [0.05, 0.1) is 20.8 Å². The van der Waals surface area contributed by atoms with Gasteiger partial charge in [0.1, 0.15) is 0 Å². The van der Waals surface area contributed by atoms with Crippen LogP contribution in [0.4, 0.5) is 0 Å². The molecule has 21 heavy (non-hydrogen) atoms. The number of ether oxygens (including phenoxy) is 2. The van der Waals surface area contributed by atoms with E-state index in [4.69, 9.17) is 13.9 Å². The highest BCUT2D eigenvalue weighted by Gasteiger charge is 2.29. The third-order valence-corrected chi connectivity index (χ3v) is 9.53. The van der Waals surface area contributed by atoms with Gasteiger partial charge in [-0.15, -0.1) is 0 Å². The summed E-state index contributed by atoms with van der Waals surface area (Å²) in [5.41, 5.74) is 2.29. The molecule has 0 saturated carbocycles. The van der Waals surface area contributed by atoms with E-state index in [-0.39, 0.29) is 0 Å². The van der Waals surface area contributed by atoms with Gasteiger partial charge in [-0.3, -0.25) is 0 Å². The molecule has 0 aliphatic heterocycles. The van der Waals surface area contributed by atoms with Gasteiger partial charge in [0.15, 0.2) is 19.8 Å². The normalized spacial score (nSPS) is 11.5. The zero-order valence-electron chi connectivity index (χ0n) is 13.8. The van der Waals surface area contributed by atoms with Crippen molar-refractivity contribution >= 4 is 24.2 Å². The van der Waals surface area contributed by atoms with Gasteiger partial charge in [-0.1, -0.05) is 42.8 Å². The number of methoxy groups -OCH3 is 2. The van der Waals surface area contributed by atoms with E-state index in [0.29, 0.717) is 6.61 Å². The van der Waals surface area contributed by atoms with Crippen molar-refractivity contribution in [3.05, 3.63) is 23.3 Å². The first-order chi connectivity index (χ1) is 10.1. The zero-order valence-corrected chi connectivity index (χ0v) is 16.4. The van der Waals surface area contributed by atoms with Crippen LogP contribution in [-0.4, -0.2) is 22.5 Å². The number of hydrogen-bond donors (Lipinski definition) is 0. The quantitative estimate of drug-likeness (QED) is 0.443. The first kappa shape index (κ1) is 18.5. The fourth-order valence-electron chi connectivity index (χ4n) is 2.60. The molecule has 0 unspecified atom stereocenters. The SMILES string of the molecule is CC[Si](CC)(CC)OCc1ccc(OC)c(OC)c1CBr. The monoisotopic (exact) mass is 374 g/mol. The number of benzene rings is 1. The van der Waals surface area contributed by atoms with Gasteiger partial charge in [0.25, 0.3) is 0 Å². The second kappa shape index (κ2) is 8.81. The van der Waals surface area contributed by atoms with E-state index >= 15 is 0 Å². The molecule has 0 radical (unpaired) electrons. The Morgan fingerprint density at radius 3 is 2.05 bits per heavy atom. The van der Waals surface area contributed by atoms with Crippen molar-refractivity contribution < 1.29 is 13.9 Å². The van der Waals surface area contributed by atoms with Gasteiger partial charge in [0, 0.05) is 10.9 Å². The van der Waals surface area contributed by atoms with Gasteiger partial charge < -0.3 is 13.9 Å². The fraction of sp³-hybridized carbons (Fsp3) is 0.625. The predicted octanol–water partition coefficient (Wildman–Crippen LogP) is 5.12. The molecule has 0 amide bonds. The zero-order chi connectivity index (χ0) is 15.9. The minimum absolute atomic E-state index is 0.656. The molecular formula is C16H27BrO3Si. The lowest BCUT2D eigenvalue weighted by atomic mass is 10.1. The molecule has 0 bridgehead atoms. The summed E-state index contributed by atoms with van der Waals surface area (Å²) in [6.07, 6.45) is 0. The molecular weight excluding hydrogens is 348 g/mol. The Hall–Kier alpha value is -0.523. The first-order valence-electron chi connectivity index (χ1n) is 7.53. The molecule has 1 aromatic rings. The standard InChI is InChI=1S/C16H27BrO3Si/c1-6-21(7-2,8-3)20-12-13-9-10-15(18-4)16(19-5)14(13)11-17/h9-10H,6-8,11-12H2,1-5H3. The second-order valence-corrected chi connectivity index (χ2v) is 10.4. The molecule has 5 heteroatoms. The molecule has 0 fully saturated rings. The Kier molecular flexibility index (Phi) is 7.77. The molecule has 0 spiro atoms. The maximum atomic E-state index is 6.40. The Morgan fingerprint density at radius 2 is 1.62 bits per heavy atom. The highest BCUT2D eigenvalue weighted by molar-refractivity contribution is 9.08. The molecule has 3 nitrogen and oxygen atoms in total. The number of halogens is 1. The number of hydrogen-bond acceptors (Lipinski definition) is 3. The summed E-state index contributed by atoms with van der Waals surface area (Å²) in [6.45, 7) is 7.40. The Bertz CT molecular complexity index is 439. The van der Waals surface area contributed by atoms with E-state index < -0.39 is 8.32 Å². The summed E-state index contributed by atoms with van der Waals surface area (Å²) in [4.78, 5) is 0. The van der Waals surface area contributed by atoms with E-state index in [2.05, 4.69) is 42.8 Å². The molecule has 0 saturated heterocycles. The summed E-state index contributed by atoms with van der Waals surface area (Å²) in [5, 5.41) is 0.727. The van der Waals surface area contributed by atoms with Crippen LogP contribution in [0.15, 0.2) is 12.1 Å². The van der Waals surface area contributed by atoms with Gasteiger partial charge in [-0.05, 0) is 29.8 Å². The summed E-state index contributed by atoms with van der Waals surface area (Å²) >= 11 is 3.56. The molecule has 120 valence electrons. The minimum atomic E-state index is -1.57. The highest BCUT2D eigenvalue weighted by Crippen LogP contribution is 2.36. The molecule has 1 rings (SSSR count). The van der Waals surface area contributed by atoms with Crippen molar-refractivity contribution in [3.8, 4) is 11.5 Å². The first-order valence-corrected chi connectivity index (χ1v) is 11.2.